The predicted octanol–water partition coefficient (Wildman–Crippen LogP) is 1.55. The number of hydrazine groups is 1. The van der Waals surface area contributed by atoms with Crippen LogP contribution in [0.1, 0.15) is 39.5 Å². The minimum Gasteiger partial charge on any atom is -0.463 e. The Labute approximate surface area is 113 Å². The number of nitrogens with one attached hydrogen (secondary N) is 2. The van der Waals surface area contributed by atoms with Crippen LogP contribution in [0.3, 0.4) is 0 Å². The fourth-order valence-electron chi connectivity index (χ4n) is 2.02. The second-order valence-electron chi connectivity index (χ2n) is 4.79. The molecule has 4 N–H and O–H groups in total. The number of rotatable bonds is 8. The van der Waals surface area contributed by atoms with Gasteiger partial charge < -0.3 is 10.1 Å². The molecule has 0 spiro atoms. The van der Waals surface area contributed by atoms with Gasteiger partial charge in [0, 0.05) is 6.04 Å². The number of hydrogen-bond donors (Lipinski definition) is 3. The summed E-state index contributed by atoms with van der Waals surface area (Å²) in [5.41, 5.74) is 2.43. The number of anilines is 2. The van der Waals surface area contributed by atoms with Crippen LogP contribution in [0.15, 0.2) is 0 Å². The second-order valence-corrected chi connectivity index (χ2v) is 4.79. The number of nitrogens with zero attached hydrogens (tertiary/aromatic N) is 3. The molecule has 0 saturated heterocycles. The van der Waals surface area contributed by atoms with Gasteiger partial charge in [-0.1, -0.05) is 20.3 Å². The van der Waals surface area contributed by atoms with E-state index in [1.807, 2.05) is 6.92 Å². The fraction of sp³-hybridized carbons (Fsp3) is 0.750. The lowest BCUT2D eigenvalue weighted by atomic mass is 10.2. The van der Waals surface area contributed by atoms with Gasteiger partial charge in [0.25, 0.3) is 0 Å². The molecule has 19 heavy (non-hydrogen) atoms. The molecule has 7 heteroatoms. The minimum absolute atomic E-state index is 0.306. The Kier molecular flexibility index (Phi) is 4.73. The molecular formula is C12H22N6O. The standard InChI is InChI=1S/C12H22N6O/c1-3-5-8-7-9(8)14-10-15-11(18-13)17-12(16-10)19-6-4-2/h8-9H,3-7,13H2,1-2H3,(H2,14,15,16,17,18). The van der Waals surface area contributed by atoms with Crippen molar-refractivity contribution in [2.75, 3.05) is 17.3 Å². The lowest BCUT2D eigenvalue weighted by Gasteiger charge is -2.08. The van der Waals surface area contributed by atoms with Crippen molar-refractivity contribution in [3.05, 3.63) is 0 Å². The lowest BCUT2D eigenvalue weighted by molar-refractivity contribution is 0.292. The Bertz CT molecular complexity index is 413. The number of nitrogens with two attached hydrogens (primary N) is 1. The van der Waals surface area contributed by atoms with E-state index in [4.69, 9.17) is 10.6 Å². The Hall–Kier alpha value is -1.63. The Morgan fingerprint density at radius 2 is 2.00 bits per heavy atom. The van der Waals surface area contributed by atoms with Crippen LogP contribution in [0, 0.1) is 5.92 Å². The van der Waals surface area contributed by atoms with E-state index in [1.54, 1.807) is 0 Å². The zero-order valence-corrected chi connectivity index (χ0v) is 11.5. The summed E-state index contributed by atoms with van der Waals surface area (Å²) in [7, 11) is 0. The van der Waals surface area contributed by atoms with E-state index in [1.165, 1.54) is 19.3 Å². The fourth-order valence-corrected chi connectivity index (χ4v) is 2.02. The summed E-state index contributed by atoms with van der Waals surface area (Å²) < 4.78 is 5.42. The summed E-state index contributed by atoms with van der Waals surface area (Å²) in [6, 6.07) is 0.770. The van der Waals surface area contributed by atoms with Crippen LogP contribution in [0.5, 0.6) is 6.01 Å². The molecule has 0 bridgehead atoms. The summed E-state index contributed by atoms with van der Waals surface area (Å²) in [4.78, 5) is 12.5. The number of ether oxygens (including phenoxy) is 1. The van der Waals surface area contributed by atoms with Crippen molar-refractivity contribution in [3.8, 4) is 6.01 Å². The molecule has 2 unspecified atom stereocenters. The second kappa shape index (κ2) is 6.51. The number of hydrogen-bond acceptors (Lipinski definition) is 7. The zero-order valence-electron chi connectivity index (χ0n) is 11.5. The monoisotopic (exact) mass is 266 g/mol. The van der Waals surface area contributed by atoms with Crippen molar-refractivity contribution in [2.45, 2.75) is 45.6 Å². The van der Waals surface area contributed by atoms with E-state index in [0.717, 1.165) is 12.3 Å². The highest BCUT2D eigenvalue weighted by molar-refractivity contribution is 5.37. The van der Waals surface area contributed by atoms with Gasteiger partial charge in [0.15, 0.2) is 0 Å². The molecule has 1 aliphatic rings. The summed E-state index contributed by atoms with van der Waals surface area (Å²) in [6.45, 7) is 4.81. The molecule has 0 aromatic carbocycles. The Balaban J connectivity index is 1.99. The Morgan fingerprint density at radius 1 is 1.21 bits per heavy atom. The normalized spacial score (nSPS) is 21.0. The van der Waals surface area contributed by atoms with Gasteiger partial charge in [0.05, 0.1) is 6.61 Å². The van der Waals surface area contributed by atoms with Gasteiger partial charge in [0.2, 0.25) is 11.9 Å². The Morgan fingerprint density at radius 3 is 2.68 bits per heavy atom. The van der Waals surface area contributed by atoms with Crippen LogP contribution < -0.4 is 21.3 Å². The molecule has 1 fully saturated rings. The first-order valence-corrected chi connectivity index (χ1v) is 6.88. The van der Waals surface area contributed by atoms with Crippen molar-refractivity contribution >= 4 is 11.9 Å². The van der Waals surface area contributed by atoms with Gasteiger partial charge in [-0.2, -0.15) is 15.0 Å². The van der Waals surface area contributed by atoms with E-state index in [9.17, 15) is 0 Å². The summed E-state index contributed by atoms with van der Waals surface area (Å²) in [5.74, 6) is 6.93. The molecular weight excluding hydrogens is 244 g/mol. The van der Waals surface area contributed by atoms with Crippen LogP contribution in [-0.2, 0) is 0 Å². The topological polar surface area (TPSA) is 98.0 Å². The molecule has 106 valence electrons. The van der Waals surface area contributed by atoms with Crippen LogP contribution >= 0.6 is 0 Å². The summed E-state index contributed by atoms with van der Waals surface area (Å²) in [6.07, 6.45) is 4.53. The van der Waals surface area contributed by atoms with Crippen molar-refractivity contribution in [1.29, 1.82) is 0 Å². The van der Waals surface area contributed by atoms with Crippen LogP contribution in [0.25, 0.3) is 0 Å². The van der Waals surface area contributed by atoms with Crippen molar-refractivity contribution in [3.63, 3.8) is 0 Å². The van der Waals surface area contributed by atoms with E-state index in [2.05, 4.69) is 32.6 Å². The lowest BCUT2D eigenvalue weighted by Crippen LogP contribution is -2.16. The van der Waals surface area contributed by atoms with Gasteiger partial charge in [-0.3, -0.25) is 5.43 Å². The van der Waals surface area contributed by atoms with Gasteiger partial charge in [-0.25, -0.2) is 5.84 Å². The molecule has 1 saturated carbocycles. The summed E-state index contributed by atoms with van der Waals surface area (Å²) in [5, 5.41) is 3.30. The highest BCUT2D eigenvalue weighted by Gasteiger charge is 2.36. The van der Waals surface area contributed by atoms with Crippen LogP contribution in [0.2, 0.25) is 0 Å². The maximum Gasteiger partial charge on any atom is 0.323 e. The van der Waals surface area contributed by atoms with Crippen molar-refractivity contribution < 1.29 is 4.74 Å². The third-order valence-electron chi connectivity index (χ3n) is 3.08. The van der Waals surface area contributed by atoms with Crippen molar-refractivity contribution in [2.24, 2.45) is 11.8 Å². The van der Waals surface area contributed by atoms with E-state index < -0.39 is 0 Å². The van der Waals surface area contributed by atoms with Gasteiger partial charge >= 0.3 is 6.01 Å². The molecule has 7 nitrogen and oxygen atoms in total. The number of nitrogen functional groups attached to an aromatic ring is 1. The third-order valence-corrected chi connectivity index (χ3v) is 3.08. The van der Waals surface area contributed by atoms with Crippen LogP contribution in [0.4, 0.5) is 11.9 Å². The maximum absolute atomic E-state index is 5.42. The van der Waals surface area contributed by atoms with Crippen molar-refractivity contribution in [1.82, 2.24) is 15.0 Å². The smallest absolute Gasteiger partial charge is 0.323 e. The van der Waals surface area contributed by atoms with Gasteiger partial charge in [-0.05, 0) is 25.2 Å². The average Bonchev–Trinajstić information content (AvgIpc) is 3.14. The molecule has 2 rings (SSSR count). The quantitative estimate of drug-likeness (QED) is 0.485. The summed E-state index contributed by atoms with van der Waals surface area (Å²) >= 11 is 0. The highest BCUT2D eigenvalue weighted by Crippen LogP contribution is 2.36. The van der Waals surface area contributed by atoms with E-state index in [0.29, 0.717) is 30.6 Å². The zero-order chi connectivity index (χ0) is 13.7. The molecule has 0 amide bonds. The molecule has 1 aliphatic carbocycles. The first-order chi connectivity index (χ1) is 9.26. The van der Waals surface area contributed by atoms with E-state index >= 15 is 0 Å². The third kappa shape index (κ3) is 3.92. The van der Waals surface area contributed by atoms with Gasteiger partial charge in [-0.15, -0.1) is 0 Å². The predicted molar refractivity (Wildman–Crippen MR) is 73.8 cm³/mol. The highest BCUT2D eigenvalue weighted by atomic mass is 16.5. The molecule has 2 atom stereocenters. The first-order valence-electron chi connectivity index (χ1n) is 6.88. The maximum atomic E-state index is 5.42. The average molecular weight is 266 g/mol. The molecule has 1 heterocycles. The van der Waals surface area contributed by atoms with E-state index in [-0.39, 0.29) is 0 Å². The van der Waals surface area contributed by atoms with Crippen LogP contribution in [-0.4, -0.2) is 27.6 Å². The van der Waals surface area contributed by atoms with Gasteiger partial charge in [0.1, 0.15) is 0 Å². The molecule has 0 radical (unpaired) electrons. The number of aromatic nitrogens is 3. The largest absolute Gasteiger partial charge is 0.463 e. The minimum atomic E-state index is 0.306. The molecule has 0 aliphatic heterocycles. The first kappa shape index (κ1) is 13.8. The SMILES string of the molecule is CCCOc1nc(NN)nc(NC2CC2CCC)n1. The molecule has 1 aromatic heterocycles. The molecule has 1 aromatic rings.